The Morgan fingerprint density at radius 2 is 0.796 bits per heavy atom. The average Bonchev–Trinajstić information content (AvgIpc) is 3.62. The molecule has 254 valence electrons. The number of benzene rings is 9. The summed E-state index contributed by atoms with van der Waals surface area (Å²) >= 11 is 1.85. The topological polar surface area (TPSA) is 3.24 Å². The minimum absolute atomic E-state index is 1.11. The highest BCUT2D eigenvalue weighted by molar-refractivity contribution is 7.25. The summed E-state index contributed by atoms with van der Waals surface area (Å²) in [4.78, 5) is 2.40. The molecule has 2 heteroatoms. The predicted octanol–water partition coefficient (Wildman–Crippen LogP) is 15.3. The van der Waals surface area contributed by atoms with Gasteiger partial charge in [0.2, 0.25) is 0 Å². The Kier molecular flexibility index (Phi) is 8.09. The molecule has 0 atom stereocenters. The fraction of sp³-hybridized carbons (Fsp3) is 0. The predicted molar refractivity (Wildman–Crippen MR) is 233 cm³/mol. The summed E-state index contributed by atoms with van der Waals surface area (Å²) in [6.45, 7) is 0. The van der Waals surface area contributed by atoms with Crippen LogP contribution >= 0.6 is 11.3 Å². The van der Waals surface area contributed by atoms with Crippen molar-refractivity contribution in [2.45, 2.75) is 0 Å². The summed E-state index contributed by atoms with van der Waals surface area (Å²) in [5.74, 6) is 0. The third kappa shape index (κ3) is 5.93. The van der Waals surface area contributed by atoms with Gasteiger partial charge in [0, 0.05) is 37.2 Å². The monoisotopic (exact) mass is 705 g/mol. The lowest BCUT2D eigenvalue weighted by Gasteiger charge is -2.26. The minimum Gasteiger partial charge on any atom is -0.310 e. The second-order valence-electron chi connectivity index (χ2n) is 13.8. The maximum atomic E-state index is 2.40. The molecule has 0 aliphatic rings. The summed E-state index contributed by atoms with van der Waals surface area (Å²) in [6, 6.07) is 77.2. The van der Waals surface area contributed by atoms with Crippen molar-refractivity contribution in [1.29, 1.82) is 0 Å². The van der Waals surface area contributed by atoms with E-state index in [0.717, 1.165) is 17.1 Å². The van der Waals surface area contributed by atoms with Crippen LogP contribution in [-0.2, 0) is 0 Å². The average molecular weight is 706 g/mol. The van der Waals surface area contributed by atoms with Crippen LogP contribution in [0.1, 0.15) is 0 Å². The van der Waals surface area contributed by atoms with E-state index < -0.39 is 0 Å². The molecule has 10 rings (SSSR count). The quantitative estimate of drug-likeness (QED) is 0.160. The first-order valence-electron chi connectivity index (χ1n) is 18.4. The van der Waals surface area contributed by atoms with Crippen molar-refractivity contribution in [3.05, 3.63) is 212 Å². The molecule has 0 N–H and O–H groups in total. The van der Waals surface area contributed by atoms with Gasteiger partial charge in [-0.25, -0.2) is 0 Å². The van der Waals surface area contributed by atoms with Crippen molar-refractivity contribution in [3.8, 4) is 44.5 Å². The van der Waals surface area contributed by atoms with E-state index >= 15 is 0 Å². The highest BCUT2D eigenvalue weighted by Gasteiger charge is 2.16. The van der Waals surface area contributed by atoms with Gasteiger partial charge in [0.05, 0.1) is 0 Å². The molecule has 0 bridgehead atoms. The molecule has 1 heterocycles. The maximum Gasteiger partial charge on any atom is 0.0468 e. The van der Waals surface area contributed by atoms with Crippen LogP contribution in [0.5, 0.6) is 0 Å². The number of nitrogens with zero attached hydrogens (tertiary/aromatic N) is 1. The van der Waals surface area contributed by atoms with Gasteiger partial charge in [-0.15, -0.1) is 11.3 Å². The van der Waals surface area contributed by atoms with E-state index in [1.807, 2.05) is 11.3 Å². The zero-order valence-corrected chi connectivity index (χ0v) is 30.4. The van der Waals surface area contributed by atoms with Crippen molar-refractivity contribution in [3.63, 3.8) is 0 Å². The van der Waals surface area contributed by atoms with Crippen molar-refractivity contribution < 1.29 is 0 Å². The van der Waals surface area contributed by atoms with Crippen molar-refractivity contribution in [2.75, 3.05) is 4.90 Å². The Morgan fingerprint density at radius 1 is 0.278 bits per heavy atom. The first-order valence-corrected chi connectivity index (χ1v) is 19.2. The van der Waals surface area contributed by atoms with E-state index in [2.05, 4.69) is 217 Å². The van der Waals surface area contributed by atoms with E-state index in [-0.39, 0.29) is 0 Å². The highest BCUT2D eigenvalue weighted by Crippen LogP contribution is 2.42. The molecule has 54 heavy (non-hydrogen) atoms. The van der Waals surface area contributed by atoms with Gasteiger partial charge in [-0.2, -0.15) is 0 Å². The van der Waals surface area contributed by atoms with Gasteiger partial charge in [-0.1, -0.05) is 158 Å². The van der Waals surface area contributed by atoms with Gasteiger partial charge in [-0.05, 0) is 110 Å². The van der Waals surface area contributed by atoms with Crippen LogP contribution in [0.2, 0.25) is 0 Å². The lowest BCUT2D eigenvalue weighted by molar-refractivity contribution is 1.29. The molecule has 0 aliphatic carbocycles. The third-order valence-corrected chi connectivity index (χ3v) is 11.6. The number of fused-ring (bicyclic) bond motifs is 4. The van der Waals surface area contributed by atoms with E-state index in [9.17, 15) is 0 Å². The number of anilines is 3. The molecule has 0 amide bonds. The van der Waals surface area contributed by atoms with Gasteiger partial charge in [0.1, 0.15) is 0 Å². The van der Waals surface area contributed by atoms with Crippen LogP contribution in [0.25, 0.3) is 75.5 Å². The number of rotatable bonds is 7. The van der Waals surface area contributed by atoms with Gasteiger partial charge in [0.25, 0.3) is 0 Å². The van der Waals surface area contributed by atoms with Crippen LogP contribution in [-0.4, -0.2) is 0 Å². The molecule has 9 aromatic carbocycles. The summed E-state index contributed by atoms with van der Waals surface area (Å²) in [7, 11) is 0. The molecule has 0 spiro atoms. The van der Waals surface area contributed by atoms with Crippen LogP contribution in [0.4, 0.5) is 17.1 Å². The Bertz CT molecular complexity index is 2920. The van der Waals surface area contributed by atoms with Gasteiger partial charge < -0.3 is 4.90 Å². The van der Waals surface area contributed by atoms with Gasteiger partial charge >= 0.3 is 0 Å². The first kappa shape index (κ1) is 32.0. The molecule has 0 saturated heterocycles. The Balaban J connectivity index is 1.06. The fourth-order valence-corrected chi connectivity index (χ4v) is 8.84. The normalized spacial score (nSPS) is 11.3. The third-order valence-electron chi connectivity index (χ3n) is 10.5. The lowest BCUT2D eigenvalue weighted by Crippen LogP contribution is -2.10. The highest BCUT2D eigenvalue weighted by atomic mass is 32.1. The Labute approximate surface area is 319 Å². The molecule has 1 aromatic heterocycles. The SMILES string of the molecule is c1ccc(-c2ccc(-c3ccc(N(c4cccc(-c5cccc(-c6cccc7ccccc67)c5)c4)c4ccc5sc6ccccc6c5c4)cc3)cc2)cc1. The van der Waals surface area contributed by atoms with E-state index in [4.69, 9.17) is 0 Å². The van der Waals surface area contributed by atoms with Crippen LogP contribution in [0, 0.1) is 0 Å². The van der Waals surface area contributed by atoms with Crippen molar-refractivity contribution in [1.82, 2.24) is 0 Å². The van der Waals surface area contributed by atoms with Crippen LogP contribution < -0.4 is 4.90 Å². The van der Waals surface area contributed by atoms with Crippen LogP contribution in [0.15, 0.2) is 212 Å². The number of hydrogen-bond donors (Lipinski definition) is 0. The zero-order valence-electron chi connectivity index (χ0n) is 29.6. The molecule has 0 aliphatic heterocycles. The van der Waals surface area contributed by atoms with Crippen molar-refractivity contribution >= 4 is 59.3 Å². The van der Waals surface area contributed by atoms with Crippen molar-refractivity contribution in [2.24, 2.45) is 0 Å². The summed E-state index contributed by atoms with van der Waals surface area (Å²) in [5.41, 5.74) is 13.0. The van der Waals surface area contributed by atoms with E-state index in [0.29, 0.717) is 0 Å². The molecule has 10 aromatic rings. The Morgan fingerprint density at radius 3 is 1.59 bits per heavy atom. The van der Waals surface area contributed by atoms with E-state index in [1.165, 1.54) is 75.5 Å². The maximum absolute atomic E-state index is 2.40. The van der Waals surface area contributed by atoms with Gasteiger partial charge in [-0.3, -0.25) is 0 Å². The zero-order chi connectivity index (χ0) is 35.8. The molecular formula is C52H35NS. The minimum atomic E-state index is 1.11. The molecule has 0 unspecified atom stereocenters. The number of thiophene rings is 1. The smallest absolute Gasteiger partial charge is 0.0468 e. The summed E-state index contributed by atoms with van der Waals surface area (Å²) < 4.78 is 2.61. The summed E-state index contributed by atoms with van der Waals surface area (Å²) in [6.07, 6.45) is 0. The standard InChI is InChI=1S/C52H35NS/c1-2-11-36(12-3-1)37-23-25-38(26-24-37)39-27-29-44(30-28-39)53(46-31-32-52-50(35-46)49-20-6-7-22-51(49)54-52)45-18-9-16-42(34-45)41-15-8-17-43(33-41)48-21-10-14-40-13-4-5-19-47(40)48/h1-35H. The molecule has 0 saturated carbocycles. The molecule has 0 fully saturated rings. The summed E-state index contributed by atoms with van der Waals surface area (Å²) in [5, 5.41) is 5.10. The molecule has 0 radical (unpaired) electrons. The van der Waals surface area contributed by atoms with E-state index in [1.54, 1.807) is 0 Å². The fourth-order valence-electron chi connectivity index (χ4n) is 7.76. The number of hydrogen-bond acceptors (Lipinski definition) is 2. The Hall–Kier alpha value is -6.74. The lowest BCUT2D eigenvalue weighted by atomic mass is 9.95. The second-order valence-corrected chi connectivity index (χ2v) is 14.8. The second kappa shape index (κ2) is 13.7. The molecule has 1 nitrogen and oxygen atoms in total. The first-order chi connectivity index (χ1) is 26.7. The largest absolute Gasteiger partial charge is 0.310 e. The van der Waals surface area contributed by atoms with Gasteiger partial charge in [0.15, 0.2) is 0 Å². The van der Waals surface area contributed by atoms with Crippen LogP contribution in [0.3, 0.4) is 0 Å². The molecular weight excluding hydrogens is 671 g/mol.